The van der Waals surface area contributed by atoms with Gasteiger partial charge in [-0.05, 0) is 55.5 Å². The number of nitrogens with one attached hydrogen (secondary N) is 1. The van der Waals surface area contributed by atoms with E-state index in [2.05, 4.69) is 38.4 Å². The van der Waals surface area contributed by atoms with Gasteiger partial charge in [-0.1, -0.05) is 6.42 Å². The molecule has 1 amide bonds. The van der Waals surface area contributed by atoms with E-state index >= 15 is 0 Å². The normalized spacial score (nSPS) is 24.0. The topological polar surface area (TPSA) is 94.4 Å². The molecule has 31 heavy (non-hydrogen) atoms. The molecule has 1 unspecified atom stereocenters. The van der Waals surface area contributed by atoms with E-state index in [4.69, 9.17) is 4.74 Å². The average molecular weight is 419 g/mol. The van der Waals surface area contributed by atoms with Crippen molar-refractivity contribution in [2.75, 3.05) is 48.0 Å². The molecule has 0 radical (unpaired) electrons. The van der Waals surface area contributed by atoms with Crippen molar-refractivity contribution in [3.8, 4) is 6.07 Å². The van der Waals surface area contributed by atoms with Crippen molar-refractivity contribution in [1.29, 1.82) is 5.26 Å². The van der Waals surface area contributed by atoms with Crippen molar-refractivity contribution in [1.82, 2.24) is 9.97 Å². The molecule has 3 aliphatic rings. The van der Waals surface area contributed by atoms with Gasteiger partial charge in [0.15, 0.2) is 0 Å². The van der Waals surface area contributed by atoms with Crippen LogP contribution in [0.5, 0.6) is 0 Å². The number of aromatic nitrogens is 2. The molecule has 2 aliphatic heterocycles. The molecule has 0 spiro atoms. The van der Waals surface area contributed by atoms with Gasteiger partial charge in [-0.25, -0.2) is 4.98 Å². The summed E-state index contributed by atoms with van der Waals surface area (Å²) in [4.78, 5) is 26.0. The van der Waals surface area contributed by atoms with E-state index in [-0.39, 0.29) is 11.8 Å². The van der Waals surface area contributed by atoms with Crippen LogP contribution in [-0.2, 0) is 9.53 Å². The number of rotatable bonds is 5. The molecular weight excluding hydrogens is 392 g/mol. The molecule has 8 heteroatoms. The molecule has 8 nitrogen and oxygen atoms in total. The smallest absolute Gasteiger partial charge is 0.248 e. The summed E-state index contributed by atoms with van der Waals surface area (Å²) in [6.45, 7) is 3.82. The van der Waals surface area contributed by atoms with Crippen LogP contribution >= 0.6 is 0 Å². The molecule has 1 aromatic heterocycles. The molecule has 3 heterocycles. The number of hydrogen-bond donors (Lipinski definition) is 1. The lowest BCUT2D eigenvalue weighted by Gasteiger charge is -2.36. The Morgan fingerprint density at radius 2 is 1.90 bits per heavy atom. The number of carbonyl (C=O) groups is 1. The molecule has 1 N–H and O–H groups in total. The summed E-state index contributed by atoms with van der Waals surface area (Å²) in [5.74, 6) is 1.05. The zero-order valence-corrected chi connectivity index (χ0v) is 17.5. The van der Waals surface area contributed by atoms with E-state index < -0.39 is 5.41 Å². The van der Waals surface area contributed by atoms with Gasteiger partial charge >= 0.3 is 0 Å². The fourth-order valence-corrected chi connectivity index (χ4v) is 4.70. The highest BCUT2D eigenvalue weighted by atomic mass is 16.5. The number of hydrogen-bond acceptors (Lipinski definition) is 7. The van der Waals surface area contributed by atoms with Gasteiger partial charge in [-0.15, -0.1) is 0 Å². The Labute approximate surface area is 181 Å². The van der Waals surface area contributed by atoms with Gasteiger partial charge < -0.3 is 15.0 Å². The minimum atomic E-state index is -0.883. The van der Waals surface area contributed by atoms with Gasteiger partial charge in [0.25, 0.3) is 0 Å². The van der Waals surface area contributed by atoms with E-state index in [1.807, 2.05) is 12.1 Å². The lowest BCUT2D eigenvalue weighted by atomic mass is 9.65. The Morgan fingerprint density at radius 3 is 2.58 bits per heavy atom. The van der Waals surface area contributed by atoms with Gasteiger partial charge in [-0.2, -0.15) is 10.2 Å². The van der Waals surface area contributed by atoms with E-state index in [1.165, 1.54) is 0 Å². The van der Waals surface area contributed by atoms with E-state index in [0.717, 1.165) is 56.9 Å². The maximum atomic E-state index is 13.2. The summed E-state index contributed by atoms with van der Waals surface area (Å²) in [7, 11) is 0. The Balaban J connectivity index is 1.29. The molecule has 0 bridgehead atoms. The van der Waals surface area contributed by atoms with Crippen molar-refractivity contribution in [3.05, 3.63) is 36.5 Å². The third-order valence-electron chi connectivity index (χ3n) is 6.78. The highest BCUT2D eigenvalue weighted by Gasteiger charge is 2.54. The standard InChI is InChI=1S/C23H26N6O2/c24-16-23(17-2-1-3-17)9-11-29(21(23)30)20-8-10-25-22(27-20)26-18-4-6-19(7-5-18)28-12-14-31-15-13-28/h4-8,10,17H,1-3,9,11-15H2,(H,25,26,27). The Bertz CT molecular complexity index is 994. The minimum Gasteiger partial charge on any atom is -0.378 e. The monoisotopic (exact) mass is 418 g/mol. The average Bonchev–Trinajstić information content (AvgIpc) is 3.11. The third kappa shape index (κ3) is 3.59. The van der Waals surface area contributed by atoms with E-state index in [9.17, 15) is 10.1 Å². The third-order valence-corrected chi connectivity index (χ3v) is 6.78. The molecule has 2 aromatic rings. The second kappa shape index (κ2) is 8.16. The summed E-state index contributed by atoms with van der Waals surface area (Å²) >= 11 is 0. The number of amides is 1. The number of carbonyl (C=O) groups excluding carboxylic acids is 1. The molecule has 1 aliphatic carbocycles. The van der Waals surface area contributed by atoms with Crippen LogP contribution in [0, 0.1) is 22.7 Å². The largest absolute Gasteiger partial charge is 0.378 e. The fraction of sp³-hybridized carbons (Fsp3) is 0.478. The molecule has 2 saturated heterocycles. The van der Waals surface area contributed by atoms with Crippen LogP contribution in [-0.4, -0.2) is 48.7 Å². The van der Waals surface area contributed by atoms with Crippen LogP contribution in [0.25, 0.3) is 0 Å². The number of nitriles is 1. The van der Waals surface area contributed by atoms with Crippen LogP contribution in [0.15, 0.2) is 36.5 Å². The fourth-order valence-electron chi connectivity index (χ4n) is 4.70. The van der Waals surface area contributed by atoms with Crippen molar-refractivity contribution >= 4 is 29.0 Å². The summed E-state index contributed by atoms with van der Waals surface area (Å²) in [6.07, 6.45) is 5.25. The van der Waals surface area contributed by atoms with Crippen molar-refractivity contribution in [2.24, 2.45) is 11.3 Å². The van der Waals surface area contributed by atoms with Crippen LogP contribution in [0.4, 0.5) is 23.1 Å². The number of nitrogens with zero attached hydrogens (tertiary/aromatic N) is 5. The number of benzene rings is 1. The molecule has 5 rings (SSSR count). The van der Waals surface area contributed by atoms with Crippen LogP contribution in [0.2, 0.25) is 0 Å². The highest BCUT2D eigenvalue weighted by Crippen LogP contribution is 2.48. The van der Waals surface area contributed by atoms with Gasteiger partial charge in [0, 0.05) is 37.2 Å². The van der Waals surface area contributed by atoms with Gasteiger partial charge in [-0.3, -0.25) is 9.69 Å². The number of morpholine rings is 1. The SMILES string of the molecule is N#CC1(C2CCC2)CCN(c2ccnc(Nc3ccc(N4CCOCC4)cc3)n2)C1=O. The highest BCUT2D eigenvalue weighted by molar-refractivity contribution is 6.01. The summed E-state index contributed by atoms with van der Waals surface area (Å²) < 4.78 is 5.41. The Morgan fingerprint density at radius 1 is 1.13 bits per heavy atom. The number of ether oxygens (including phenoxy) is 1. The summed E-state index contributed by atoms with van der Waals surface area (Å²) in [5.41, 5.74) is 1.16. The second-order valence-electron chi connectivity index (χ2n) is 8.43. The first-order valence-electron chi connectivity index (χ1n) is 11.0. The first kappa shape index (κ1) is 19.8. The molecular formula is C23H26N6O2. The molecule has 1 aromatic carbocycles. The van der Waals surface area contributed by atoms with Crippen molar-refractivity contribution < 1.29 is 9.53 Å². The predicted octanol–water partition coefficient (Wildman–Crippen LogP) is 3.10. The molecule has 1 saturated carbocycles. The first-order valence-corrected chi connectivity index (χ1v) is 11.0. The summed E-state index contributed by atoms with van der Waals surface area (Å²) in [6, 6.07) is 12.2. The van der Waals surface area contributed by atoms with Gasteiger partial charge in [0.1, 0.15) is 11.2 Å². The molecule has 3 fully saturated rings. The lowest BCUT2D eigenvalue weighted by molar-refractivity contribution is -0.126. The predicted molar refractivity (Wildman–Crippen MR) is 117 cm³/mol. The first-order chi connectivity index (χ1) is 15.2. The molecule has 160 valence electrons. The minimum absolute atomic E-state index is 0.112. The van der Waals surface area contributed by atoms with Gasteiger partial charge in [0.05, 0.1) is 19.3 Å². The maximum Gasteiger partial charge on any atom is 0.248 e. The molecule has 1 atom stereocenters. The lowest BCUT2D eigenvalue weighted by Crippen LogP contribution is -2.42. The van der Waals surface area contributed by atoms with E-state index in [1.54, 1.807) is 17.2 Å². The summed E-state index contributed by atoms with van der Waals surface area (Å²) in [5, 5.41) is 13.0. The van der Waals surface area contributed by atoms with Crippen LogP contribution < -0.4 is 15.1 Å². The zero-order valence-electron chi connectivity index (χ0n) is 17.5. The van der Waals surface area contributed by atoms with Crippen molar-refractivity contribution in [3.63, 3.8) is 0 Å². The van der Waals surface area contributed by atoms with Crippen LogP contribution in [0.3, 0.4) is 0 Å². The quantitative estimate of drug-likeness (QED) is 0.797. The maximum absolute atomic E-state index is 13.2. The van der Waals surface area contributed by atoms with Crippen molar-refractivity contribution in [2.45, 2.75) is 25.7 Å². The Kier molecular flexibility index (Phi) is 5.20. The Hall–Kier alpha value is -3.18. The zero-order chi connectivity index (χ0) is 21.3. The van der Waals surface area contributed by atoms with Gasteiger partial charge in [0.2, 0.25) is 11.9 Å². The second-order valence-corrected chi connectivity index (χ2v) is 8.43. The number of anilines is 4. The van der Waals surface area contributed by atoms with Crippen LogP contribution in [0.1, 0.15) is 25.7 Å². The van der Waals surface area contributed by atoms with E-state index in [0.29, 0.717) is 24.7 Å².